The highest BCUT2D eigenvalue weighted by molar-refractivity contribution is 6.30. The van der Waals surface area contributed by atoms with E-state index in [1.165, 1.54) is 0 Å². The number of carbonyl (C=O) groups excluding carboxylic acids is 2. The molecule has 35 heavy (non-hydrogen) atoms. The van der Waals surface area contributed by atoms with Crippen LogP contribution in [0.15, 0.2) is 77.2 Å². The van der Waals surface area contributed by atoms with E-state index < -0.39 is 0 Å². The van der Waals surface area contributed by atoms with Crippen LogP contribution in [0, 0.1) is 5.92 Å². The van der Waals surface area contributed by atoms with Crippen molar-refractivity contribution in [3.05, 3.63) is 88.9 Å². The van der Waals surface area contributed by atoms with Crippen molar-refractivity contribution >= 4 is 34.5 Å². The van der Waals surface area contributed by atoms with E-state index in [1.54, 1.807) is 12.1 Å². The van der Waals surface area contributed by atoms with Crippen molar-refractivity contribution in [2.75, 3.05) is 13.1 Å². The van der Waals surface area contributed by atoms with Gasteiger partial charge in [0.15, 0.2) is 5.58 Å². The molecule has 7 heteroatoms. The first-order valence-corrected chi connectivity index (χ1v) is 12.2. The summed E-state index contributed by atoms with van der Waals surface area (Å²) < 4.78 is 5.92. The molecule has 0 spiro atoms. The predicted molar refractivity (Wildman–Crippen MR) is 136 cm³/mol. The number of piperidine rings is 1. The van der Waals surface area contributed by atoms with Crippen molar-refractivity contribution in [1.29, 1.82) is 0 Å². The predicted octanol–water partition coefficient (Wildman–Crippen LogP) is 5.71. The first-order valence-electron chi connectivity index (χ1n) is 11.8. The Labute approximate surface area is 208 Å². The van der Waals surface area contributed by atoms with Crippen LogP contribution in [0.3, 0.4) is 0 Å². The van der Waals surface area contributed by atoms with Crippen molar-refractivity contribution in [1.82, 2.24) is 15.2 Å². The third-order valence-corrected chi connectivity index (χ3v) is 6.69. The van der Waals surface area contributed by atoms with Crippen molar-refractivity contribution in [3.8, 4) is 11.5 Å². The smallest absolute Gasteiger partial charge is 0.253 e. The van der Waals surface area contributed by atoms with Gasteiger partial charge in [0.1, 0.15) is 5.52 Å². The van der Waals surface area contributed by atoms with Crippen LogP contribution in [-0.2, 0) is 11.3 Å². The number of amides is 2. The largest absolute Gasteiger partial charge is 0.436 e. The quantitative estimate of drug-likeness (QED) is 0.378. The molecule has 3 aromatic carbocycles. The zero-order valence-electron chi connectivity index (χ0n) is 19.2. The molecule has 1 aromatic heterocycles. The number of nitrogens with zero attached hydrogens (tertiary/aromatic N) is 2. The summed E-state index contributed by atoms with van der Waals surface area (Å²) in [6.07, 6.45) is 2.09. The zero-order valence-corrected chi connectivity index (χ0v) is 20.0. The number of likely N-dealkylation sites (tertiary alicyclic amines) is 1. The van der Waals surface area contributed by atoms with Crippen LogP contribution in [0.5, 0.6) is 0 Å². The SMILES string of the molecule is O=C(CC1CCN(C(=O)c2ccc3nc(-c4ccccc4)oc3c2)CC1)NCc1ccc(Cl)cc1. The average molecular weight is 488 g/mol. The molecule has 6 nitrogen and oxygen atoms in total. The van der Waals surface area contributed by atoms with Crippen LogP contribution >= 0.6 is 11.6 Å². The zero-order chi connectivity index (χ0) is 24.2. The summed E-state index contributed by atoms with van der Waals surface area (Å²) >= 11 is 5.90. The number of fused-ring (bicyclic) bond motifs is 1. The Balaban J connectivity index is 1.14. The van der Waals surface area contributed by atoms with E-state index in [-0.39, 0.29) is 17.7 Å². The van der Waals surface area contributed by atoms with Gasteiger partial charge in [-0.15, -0.1) is 0 Å². The van der Waals surface area contributed by atoms with E-state index in [0.717, 1.165) is 29.5 Å². The van der Waals surface area contributed by atoms with Crippen LogP contribution in [0.1, 0.15) is 35.2 Å². The minimum atomic E-state index is -0.0183. The van der Waals surface area contributed by atoms with E-state index in [1.807, 2.05) is 65.6 Å². The summed E-state index contributed by atoms with van der Waals surface area (Å²) in [7, 11) is 0. The molecule has 0 saturated carbocycles. The molecule has 2 amide bonds. The molecule has 1 aliphatic heterocycles. The summed E-state index contributed by atoms with van der Waals surface area (Å²) in [6, 6.07) is 22.6. The van der Waals surface area contributed by atoms with Crippen molar-refractivity contribution in [3.63, 3.8) is 0 Å². The van der Waals surface area contributed by atoms with Gasteiger partial charge in [-0.2, -0.15) is 0 Å². The number of rotatable bonds is 6. The van der Waals surface area contributed by atoms with Crippen LogP contribution in [-0.4, -0.2) is 34.8 Å². The maximum Gasteiger partial charge on any atom is 0.253 e. The molecule has 0 atom stereocenters. The van der Waals surface area contributed by atoms with Gasteiger partial charge < -0.3 is 14.6 Å². The van der Waals surface area contributed by atoms with Gasteiger partial charge >= 0.3 is 0 Å². The molecule has 1 fully saturated rings. The maximum atomic E-state index is 13.1. The van der Waals surface area contributed by atoms with Crippen molar-refractivity contribution in [2.24, 2.45) is 5.92 Å². The molecule has 1 N–H and O–H groups in total. The minimum absolute atomic E-state index is 0.0183. The molecular weight excluding hydrogens is 462 g/mol. The van der Waals surface area contributed by atoms with Crippen LogP contribution in [0.25, 0.3) is 22.6 Å². The molecule has 1 saturated heterocycles. The number of halogens is 1. The summed E-state index contributed by atoms with van der Waals surface area (Å²) in [5, 5.41) is 3.66. The van der Waals surface area contributed by atoms with E-state index in [2.05, 4.69) is 10.3 Å². The topological polar surface area (TPSA) is 75.4 Å². The normalized spacial score (nSPS) is 14.3. The lowest BCUT2D eigenvalue weighted by atomic mass is 9.92. The van der Waals surface area contributed by atoms with Gasteiger partial charge in [0.05, 0.1) is 0 Å². The molecule has 178 valence electrons. The highest BCUT2D eigenvalue weighted by Gasteiger charge is 2.25. The highest BCUT2D eigenvalue weighted by atomic mass is 35.5. The van der Waals surface area contributed by atoms with Crippen LogP contribution < -0.4 is 5.32 Å². The number of hydrogen-bond donors (Lipinski definition) is 1. The second-order valence-electron chi connectivity index (χ2n) is 8.91. The lowest BCUT2D eigenvalue weighted by Gasteiger charge is -2.31. The fourth-order valence-corrected chi connectivity index (χ4v) is 4.55. The molecule has 0 unspecified atom stereocenters. The lowest BCUT2D eigenvalue weighted by Crippen LogP contribution is -2.39. The van der Waals surface area contributed by atoms with Crippen molar-refractivity contribution < 1.29 is 14.0 Å². The second-order valence-corrected chi connectivity index (χ2v) is 9.35. The number of nitrogens with one attached hydrogen (secondary N) is 1. The molecular formula is C28H26ClN3O3. The fraction of sp³-hybridized carbons (Fsp3) is 0.250. The van der Waals surface area contributed by atoms with Gasteiger partial charge in [-0.3, -0.25) is 9.59 Å². The number of hydrogen-bond acceptors (Lipinski definition) is 4. The molecule has 4 aromatic rings. The van der Waals surface area contributed by atoms with Gasteiger partial charge in [0.2, 0.25) is 11.8 Å². The van der Waals surface area contributed by atoms with Crippen molar-refractivity contribution in [2.45, 2.75) is 25.8 Å². The third-order valence-electron chi connectivity index (χ3n) is 6.43. The van der Waals surface area contributed by atoms with E-state index in [9.17, 15) is 9.59 Å². The van der Waals surface area contributed by atoms with Gasteiger partial charge in [-0.05, 0) is 66.8 Å². The Morgan fingerprint density at radius 1 is 1.00 bits per heavy atom. The first-order chi connectivity index (χ1) is 17.0. The summed E-state index contributed by atoms with van der Waals surface area (Å²) in [4.78, 5) is 31.9. The van der Waals surface area contributed by atoms with Crippen LogP contribution in [0.2, 0.25) is 5.02 Å². The fourth-order valence-electron chi connectivity index (χ4n) is 4.42. The Bertz CT molecular complexity index is 1330. The van der Waals surface area contributed by atoms with Gasteiger partial charge in [0.25, 0.3) is 5.91 Å². The summed E-state index contributed by atoms with van der Waals surface area (Å²) in [5.41, 5.74) is 3.83. The number of oxazole rings is 1. The maximum absolute atomic E-state index is 13.1. The molecule has 0 radical (unpaired) electrons. The van der Waals surface area contributed by atoms with E-state index in [4.69, 9.17) is 16.0 Å². The summed E-state index contributed by atoms with van der Waals surface area (Å²) in [6.45, 7) is 1.76. The summed E-state index contributed by atoms with van der Waals surface area (Å²) in [5.74, 6) is 0.833. The Morgan fingerprint density at radius 3 is 2.49 bits per heavy atom. The van der Waals surface area contributed by atoms with Gasteiger partial charge in [-0.1, -0.05) is 41.9 Å². The molecule has 0 bridgehead atoms. The minimum Gasteiger partial charge on any atom is -0.436 e. The van der Waals surface area contributed by atoms with Crippen LogP contribution in [0.4, 0.5) is 0 Å². The van der Waals surface area contributed by atoms with E-state index in [0.29, 0.717) is 48.1 Å². The second kappa shape index (κ2) is 10.3. The Kier molecular flexibility index (Phi) is 6.82. The molecule has 0 aliphatic carbocycles. The molecule has 1 aliphatic rings. The monoisotopic (exact) mass is 487 g/mol. The standard InChI is InChI=1S/C28H26ClN3O3/c29-23-9-6-20(7-10-23)18-30-26(33)16-19-12-14-32(15-13-19)28(34)22-8-11-24-25(17-22)35-27(31-24)21-4-2-1-3-5-21/h1-11,17,19H,12-16,18H2,(H,30,33). The molecule has 2 heterocycles. The third kappa shape index (κ3) is 5.54. The van der Waals surface area contributed by atoms with Gasteiger partial charge in [-0.25, -0.2) is 4.98 Å². The first kappa shape index (κ1) is 23.1. The lowest BCUT2D eigenvalue weighted by molar-refractivity contribution is -0.122. The van der Waals surface area contributed by atoms with Gasteiger partial charge in [0, 0.05) is 42.2 Å². The number of aromatic nitrogens is 1. The Morgan fingerprint density at radius 2 is 1.74 bits per heavy atom. The Hall–Kier alpha value is -3.64. The number of benzene rings is 3. The molecule has 5 rings (SSSR count). The average Bonchev–Trinajstić information content (AvgIpc) is 3.32. The van der Waals surface area contributed by atoms with E-state index >= 15 is 0 Å². The highest BCUT2D eigenvalue weighted by Crippen LogP contribution is 2.26. The number of carbonyl (C=O) groups is 2.